The van der Waals surface area contributed by atoms with Crippen LogP contribution in [0.2, 0.25) is 0 Å². The minimum atomic E-state index is -0.0333. The predicted molar refractivity (Wildman–Crippen MR) is 88.9 cm³/mol. The highest BCUT2D eigenvalue weighted by Gasteiger charge is 2.24. The highest BCUT2D eigenvalue weighted by atomic mass is 32.2. The normalized spacial score (nSPS) is 18.2. The molecule has 0 aromatic carbocycles. The van der Waals surface area contributed by atoms with Crippen molar-refractivity contribution < 1.29 is 4.79 Å². The molecule has 6 heteroatoms. The summed E-state index contributed by atoms with van der Waals surface area (Å²) in [7, 11) is 1.88. The Morgan fingerprint density at radius 2 is 2.38 bits per heavy atom. The van der Waals surface area contributed by atoms with Gasteiger partial charge in [-0.05, 0) is 31.4 Å². The largest absolute Gasteiger partial charge is 0.324 e. The van der Waals surface area contributed by atoms with E-state index in [0.29, 0.717) is 12.0 Å². The topological polar surface area (TPSA) is 50.2 Å². The van der Waals surface area contributed by atoms with Crippen molar-refractivity contribution in [3.05, 3.63) is 11.9 Å². The van der Waals surface area contributed by atoms with E-state index in [9.17, 15) is 4.79 Å². The number of aromatic nitrogens is 2. The SMILES string of the molecule is Cc1c(NC(=O)N(C)C2CCSC2)cnn1CCC(C)C. The van der Waals surface area contributed by atoms with Crippen LogP contribution in [-0.2, 0) is 6.54 Å². The lowest BCUT2D eigenvalue weighted by atomic mass is 10.1. The first-order valence-electron chi connectivity index (χ1n) is 7.63. The molecule has 5 nitrogen and oxygen atoms in total. The minimum absolute atomic E-state index is 0.0333. The van der Waals surface area contributed by atoms with E-state index < -0.39 is 0 Å². The molecule has 1 atom stereocenters. The number of hydrogen-bond donors (Lipinski definition) is 1. The molecule has 1 aromatic rings. The van der Waals surface area contributed by atoms with Gasteiger partial charge < -0.3 is 10.2 Å². The zero-order chi connectivity index (χ0) is 15.4. The molecule has 0 saturated carbocycles. The molecule has 118 valence electrons. The summed E-state index contributed by atoms with van der Waals surface area (Å²) in [6, 6.07) is 0.320. The third-order valence-electron chi connectivity index (χ3n) is 4.04. The van der Waals surface area contributed by atoms with Gasteiger partial charge in [-0.2, -0.15) is 16.9 Å². The molecule has 1 saturated heterocycles. The van der Waals surface area contributed by atoms with Gasteiger partial charge in [-0.1, -0.05) is 13.8 Å². The number of carbonyl (C=O) groups excluding carboxylic acids is 1. The number of nitrogens with zero attached hydrogens (tertiary/aromatic N) is 3. The van der Waals surface area contributed by atoms with Gasteiger partial charge in [0, 0.05) is 25.4 Å². The van der Waals surface area contributed by atoms with Gasteiger partial charge in [0.2, 0.25) is 0 Å². The molecular weight excluding hydrogens is 284 g/mol. The van der Waals surface area contributed by atoms with Crippen molar-refractivity contribution in [2.45, 2.75) is 46.2 Å². The molecule has 2 rings (SSSR count). The number of anilines is 1. The fraction of sp³-hybridized carbons (Fsp3) is 0.733. The zero-order valence-corrected chi connectivity index (χ0v) is 14.2. The highest BCUT2D eigenvalue weighted by molar-refractivity contribution is 7.99. The summed E-state index contributed by atoms with van der Waals surface area (Å²) in [5.74, 6) is 2.84. The van der Waals surface area contributed by atoms with Gasteiger partial charge in [-0.15, -0.1) is 0 Å². The maximum atomic E-state index is 12.3. The molecular formula is C15H26N4OS. The lowest BCUT2D eigenvalue weighted by Gasteiger charge is -2.23. The maximum Gasteiger partial charge on any atom is 0.321 e. The molecule has 1 aromatic heterocycles. The van der Waals surface area contributed by atoms with E-state index in [1.54, 1.807) is 6.20 Å². The molecule has 0 radical (unpaired) electrons. The van der Waals surface area contributed by atoms with Crippen LogP contribution >= 0.6 is 11.8 Å². The molecule has 2 amide bonds. The first-order chi connectivity index (χ1) is 9.99. The molecule has 0 bridgehead atoms. The number of carbonyl (C=O) groups is 1. The Morgan fingerprint density at radius 1 is 1.62 bits per heavy atom. The average Bonchev–Trinajstić information content (AvgIpc) is 3.07. The molecule has 1 aliphatic heterocycles. The third kappa shape index (κ3) is 4.15. The highest BCUT2D eigenvalue weighted by Crippen LogP contribution is 2.22. The molecule has 1 N–H and O–H groups in total. The van der Waals surface area contributed by atoms with E-state index in [4.69, 9.17) is 0 Å². The fourth-order valence-electron chi connectivity index (χ4n) is 2.37. The molecule has 0 spiro atoms. The number of hydrogen-bond acceptors (Lipinski definition) is 3. The summed E-state index contributed by atoms with van der Waals surface area (Å²) in [5.41, 5.74) is 1.85. The number of amides is 2. The Labute approximate surface area is 131 Å². The van der Waals surface area contributed by atoms with E-state index in [0.717, 1.165) is 42.3 Å². The summed E-state index contributed by atoms with van der Waals surface area (Å²) in [5, 5.41) is 7.37. The van der Waals surface area contributed by atoms with Gasteiger partial charge in [0.15, 0.2) is 0 Å². The van der Waals surface area contributed by atoms with E-state index in [1.165, 1.54) is 0 Å². The lowest BCUT2D eigenvalue weighted by Crippen LogP contribution is -2.39. The molecule has 2 heterocycles. The summed E-state index contributed by atoms with van der Waals surface area (Å²) >= 11 is 1.91. The van der Waals surface area contributed by atoms with Crippen molar-refractivity contribution >= 4 is 23.5 Å². The second-order valence-corrected chi connectivity index (χ2v) is 7.26. The van der Waals surface area contributed by atoms with Crippen LogP contribution in [0, 0.1) is 12.8 Å². The van der Waals surface area contributed by atoms with Crippen LogP contribution in [0.4, 0.5) is 10.5 Å². The molecule has 1 aliphatic rings. The monoisotopic (exact) mass is 310 g/mol. The van der Waals surface area contributed by atoms with Gasteiger partial charge in [0.05, 0.1) is 17.6 Å². The third-order valence-corrected chi connectivity index (χ3v) is 5.18. The summed E-state index contributed by atoms with van der Waals surface area (Å²) in [6.07, 6.45) is 3.93. The fourth-order valence-corrected chi connectivity index (χ4v) is 3.64. The zero-order valence-electron chi connectivity index (χ0n) is 13.4. The molecule has 1 fully saturated rings. The van der Waals surface area contributed by atoms with Crippen molar-refractivity contribution in [3.63, 3.8) is 0 Å². The lowest BCUT2D eigenvalue weighted by molar-refractivity contribution is 0.209. The van der Waals surface area contributed by atoms with E-state index in [2.05, 4.69) is 24.3 Å². The number of aryl methyl sites for hydroxylation is 1. The Hall–Kier alpha value is -1.17. The van der Waals surface area contributed by atoms with E-state index in [-0.39, 0.29) is 6.03 Å². The maximum absolute atomic E-state index is 12.3. The first-order valence-corrected chi connectivity index (χ1v) is 8.78. The van der Waals surface area contributed by atoms with Gasteiger partial charge in [-0.25, -0.2) is 4.79 Å². The Kier molecular flexibility index (Phi) is 5.56. The quantitative estimate of drug-likeness (QED) is 0.908. The number of urea groups is 1. The van der Waals surface area contributed by atoms with Crippen LogP contribution in [0.25, 0.3) is 0 Å². The minimum Gasteiger partial charge on any atom is -0.324 e. The van der Waals surface area contributed by atoms with Crippen molar-refractivity contribution in [1.29, 1.82) is 0 Å². The summed E-state index contributed by atoms with van der Waals surface area (Å²) < 4.78 is 1.97. The first kappa shape index (κ1) is 16.2. The summed E-state index contributed by atoms with van der Waals surface area (Å²) in [6.45, 7) is 7.31. The van der Waals surface area contributed by atoms with Gasteiger partial charge >= 0.3 is 6.03 Å². The van der Waals surface area contributed by atoms with Crippen molar-refractivity contribution in [2.24, 2.45) is 5.92 Å². The van der Waals surface area contributed by atoms with Crippen molar-refractivity contribution in [2.75, 3.05) is 23.9 Å². The average molecular weight is 310 g/mol. The number of rotatable bonds is 5. The van der Waals surface area contributed by atoms with Crippen LogP contribution in [-0.4, -0.2) is 45.3 Å². The number of thioether (sulfide) groups is 1. The Morgan fingerprint density at radius 3 is 3.00 bits per heavy atom. The Bertz CT molecular complexity index is 480. The smallest absolute Gasteiger partial charge is 0.321 e. The van der Waals surface area contributed by atoms with Crippen molar-refractivity contribution in [1.82, 2.24) is 14.7 Å². The van der Waals surface area contributed by atoms with Crippen LogP contribution < -0.4 is 5.32 Å². The van der Waals surface area contributed by atoms with Crippen LogP contribution in [0.15, 0.2) is 6.20 Å². The van der Waals surface area contributed by atoms with Crippen LogP contribution in [0.3, 0.4) is 0 Å². The Balaban J connectivity index is 1.94. The van der Waals surface area contributed by atoms with Crippen LogP contribution in [0.1, 0.15) is 32.4 Å². The predicted octanol–water partition coefficient (Wildman–Crippen LogP) is 3.21. The van der Waals surface area contributed by atoms with Crippen LogP contribution in [0.5, 0.6) is 0 Å². The van der Waals surface area contributed by atoms with Gasteiger partial charge in [-0.3, -0.25) is 4.68 Å². The molecule has 21 heavy (non-hydrogen) atoms. The van der Waals surface area contributed by atoms with E-state index >= 15 is 0 Å². The van der Waals surface area contributed by atoms with E-state index in [1.807, 2.05) is 35.3 Å². The standard InChI is InChI=1S/C15H26N4OS/c1-11(2)5-7-19-12(3)14(9-16-19)17-15(20)18(4)13-6-8-21-10-13/h9,11,13H,5-8,10H2,1-4H3,(H,17,20). The second-order valence-electron chi connectivity index (χ2n) is 6.11. The van der Waals surface area contributed by atoms with Gasteiger partial charge in [0.25, 0.3) is 0 Å². The van der Waals surface area contributed by atoms with Gasteiger partial charge in [0.1, 0.15) is 0 Å². The summed E-state index contributed by atoms with van der Waals surface area (Å²) in [4.78, 5) is 14.1. The molecule has 0 aliphatic carbocycles. The molecule has 1 unspecified atom stereocenters. The second kappa shape index (κ2) is 7.20. The number of nitrogens with one attached hydrogen (secondary N) is 1. The van der Waals surface area contributed by atoms with Crippen molar-refractivity contribution in [3.8, 4) is 0 Å².